The fourth-order valence-electron chi connectivity index (χ4n) is 5.10. The smallest absolute Gasteiger partial charge is 0.0386 e. The van der Waals surface area contributed by atoms with E-state index in [1.165, 1.54) is 116 Å². The summed E-state index contributed by atoms with van der Waals surface area (Å²) >= 11 is 0. The van der Waals surface area contributed by atoms with E-state index in [0.29, 0.717) is 0 Å². The summed E-state index contributed by atoms with van der Waals surface area (Å²) in [5.74, 6) is 3.14. The Bertz CT molecular complexity index is 274. The van der Waals surface area contributed by atoms with Gasteiger partial charge in [0.05, 0.1) is 0 Å². The van der Waals surface area contributed by atoms with E-state index in [4.69, 9.17) is 0 Å². The van der Waals surface area contributed by atoms with Crippen LogP contribution in [-0.2, 0) is 0 Å². The molecule has 1 aliphatic carbocycles. The minimum absolute atomic E-state index is 1.00. The van der Waals surface area contributed by atoms with Crippen LogP contribution in [0.4, 0.5) is 0 Å². The summed E-state index contributed by atoms with van der Waals surface area (Å²) in [6, 6.07) is 0. The lowest BCUT2D eigenvalue weighted by molar-refractivity contribution is 0.187. The molecule has 0 heteroatoms. The van der Waals surface area contributed by atoms with Crippen LogP contribution in [0.2, 0.25) is 0 Å². The minimum atomic E-state index is 1.00. The van der Waals surface area contributed by atoms with E-state index in [1.54, 1.807) is 12.8 Å². The van der Waals surface area contributed by atoms with E-state index in [-0.39, 0.29) is 0 Å². The molecule has 0 heterocycles. The number of hydrogen-bond donors (Lipinski definition) is 0. The standard InChI is InChI=1S/C26H52/c1-4-6-8-10-11-12-13-15-17-19-25(18-16-14-9-7-5-2)26-22-20-24(3)21-23-26/h24-26H,4-23H2,1-3H3. The molecule has 0 amide bonds. The highest BCUT2D eigenvalue weighted by atomic mass is 14.3. The van der Waals surface area contributed by atoms with Crippen LogP contribution in [0.25, 0.3) is 0 Å². The average molecular weight is 365 g/mol. The van der Waals surface area contributed by atoms with Crippen molar-refractivity contribution in [2.24, 2.45) is 17.8 Å². The third-order valence-corrected chi connectivity index (χ3v) is 7.08. The normalized spacial score (nSPS) is 21.8. The van der Waals surface area contributed by atoms with Gasteiger partial charge in [-0.25, -0.2) is 0 Å². The first kappa shape index (κ1) is 24.0. The summed E-state index contributed by atoms with van der Waals surface area (Å²) in [5.41, 5.74) is 0. The predicted molar refractivity (Wildman–Crippen MR) is 120 cm³/mol. The second-order valence-corrected chi connectivity index (χ2v) is 9.60. The van der Waals surface area contributed by atoms with E-state index >= 15 is 0 Å². The first-order valence-electron chi connectivity index (χ1n) is 12.8. The maximum absolute atomic E-state index is 2.47. The Balaban J connectivity index is 2.15. The van der Waals surface area contributed by atoms with Gasteiger partial charge in [0.25, 0.3) is 0 Å². The summed E-state index contributed by atoms with van der Waals surface area (Å²) in [5, 5.41) is 0. The Hall–Kier alpha value is 0. The zero-order valence-corrected chi connectivity index (χ0v) is 18.9. The summed E-state index contributed by atoms with van der Waals surface area (Å²) in [4.78, 5) is 0. The fraction of sp³-hybridized carbons (Fsp3) is 1.00. The maximum atomic E-state index is 2.47. The molecule has 1 unspecified atom stereocenters. The van der Waals surface area contributed by atoms with Crippen LogP contribution in [0.3, 0.4) is 0 Å². The summed E-state index contributed by atoms with van der Waals surface area (Å²) in [7, 11) is 0. The predicted octanol–water partition coefficient (Wildman–Crippen LogP) is 9.71. The molecule has 0 nitrogen and oxygen atoms in total. The van der Waals surface area contributed by atoms with Gasteiger partial charge in [-0.2, -0.15) is 0 Å². The zero-order chi connectivity index (χ0) is 18.9. The minimum Gasteiger partial charge on any atom is -0.0654 e. The summed E-state index contributed by atoms with van der Waals surface area (Å²) in [6.45, 7) is 7.11. The van der Waals surface area contributed by atoms with Crippen molar-refractivity contribution < 1.29 is 0 Å². The van der Waals surface area contributed by atoms with Crippen molar-refractivity contribution in [3.63, 3.8) is 0 Å². The average Bonchev–Trinajstić information content (AvgIpc) is 2.65. The first-order chi connectivity index (χ1) is 12.8. The topological polar surface area (TPSA) is 0 Å². The van der Waals surface area contributed by atoms with E-state index in [2.05, 4.69) is 20.8 Å². The first-order valence-corrected chi connectivity index (χ1v) is 12.8. The second-order valence-electron chi connectivity index (χ2n) is 9.60. The fourth-order valence-corrected chi connectivity index (χ4v) is 5.10. The van der Waals surface area contributed by atoms with Crippen LogP contribution < -0.4 is 0 Å². The molecule has 0 aromatic carbocycles. The van der Waals surface area contributed by atoms with Crippen LogP contribution >= 0.6 is 0 Å². The SMILES string of the molecule is CCCCCCCCCCCC(CCCCCCC)C1CCC(C)CC1. The summed E-state index contributed by atoms with van der Waals surface area (Å²) in [6.07, 6.45) is 29.7. The van der Waals surface area contributed by atoms with E-state index in [9.17, 15) is 0 Å². The Kier molecular flexibility index (Phi) is 15.8. The van der Waals surface area contributed by atoms with Crippen molar-refractivity contribution in [3.8, 4) is 0 Å². The van der Waals surface area contributed by atoms with Crippen molar-refractivity contribution in [2.45, 2.75) is 149 Å². The van der Waals surface area contributed by atoms with E-state index in [1.807, 2.05) is 0 Å². The van der Waals surface area contributed by atoms with Crippen molar-refractivity contribution in [3.05, 3.63) is 0 Å². The van der Waals surface area contributed by atoms with Gasteiger partial charge in [-0.1, -0.05) is 136 Å². The zero-order valence-electron chi connectivity index (χ0n) is 18.9. The lowest BCUT2D eigenvalue weighted by Gasteiger charge is -2.33. The molecule has 1 fully saturated rings. The van der Waals surface area contributed by atoms with Crippen molar-refractivity contribution >= 4 is 0 Å². The lowest BCUT2D eigenvalue weighted by Crippen LogP contribution is -2.21. The van der Waals surface area contributed by atoms with Crippen LogP contribution in [0.5, 0.6) is 0 Å². The molecule has 1 atom stereocenters. The molecule has 0 N–H and O–H groups in total. The molecule has 0 aromatic rings. The Labute approximate surface area is 167 Å². The van der Waals surface area contributed by atoms with E-state index < -0.39 is 0 Å². The van der Waals surface area contributed by atoms with Gasteiger partial charge in [-0.3, -0.25) is 0 Å². The Morgan fingerprint density at radius 2 is 0.923 bits per heavy atom. The monoisotopic (exact) mass is 364 g/mol. The van der Waals surface area contributed by atoms with Gasteiger partial charge < -0.3 is 0 Å². The van der Waals surface area contributed by atoms with Crippen LogP contribution in [0.1, 0.15) is 149 Å². The largest absolute Gasteiger partial charge is 0.0654 e. The van der Waals surface area contributed by atoms with Gasteiger partial charge in [0.1, 0.15) is 0 Å². The van der Waals surface area contributed by atoms with Crippen molar-refractivity contribution in [2.75, 3.05) is 0 Å². The molecule has 0 radical (unpaired) electrons. The molecular weight excluding hydrogens is 312 g/mol. The molecule has 0 aliphatic heterocycles. The molecule has 0 bridgehead atoms. The molecule has 1 aliphatic rings. The third kappa shape index (κ3) is 12.4. The van der Waals surface area contributed by atoms with Crippen LogP contribution in [0, 0.1) is 17.8 Å². The van der Waals surface area contributed by atoms with Crippen LogP contribution in [-0.4, -0.2) is 0 Å². The van der Waals surface area contributed by atoms with Crippen molar-refractivity contribution in [1.29, 1.82) is 0 Å². The Morgan fingerprint density at radius 3 is 1.35 bits per heavy atom. The summed E-state index contributed by atoms with van der Waals surface area (Å²) < 4.78 is 0. The third-order valence-electron chi connectivity index (χ3n) is 7.08. The quantitative estimate of drug-likeness (QED) is 0.225. The highest BCUT2D eigenvalue weighted by Gasteiger charge is 2.25. The molecule has 1 rings (SSSR count). The molecular formula is C26H52. The highest BCUT2D eigenvalue weighted by molar-refractivity contribution is 4.77. The molecule has 0 spiro atoms. The van der Waals surface area contributed by atoms with Gasteiger partial charge in [-0.15, -0.1) is 0 Å². The molecule has 26 heavy (non-hydrogen) atoms. The van der Waals surface area contributed by atoms with Gasteiger partial charge in [-0.05, 0) is 30.6 Å². The molecule has 0 aromatic heterocycles. The molecule has 1 saturated carbocycles. The molecule has 0 saturated heterocycles. The van der Waals surface area contributed by atoms with E-state index in [0.717, 1.165) is 17.8 Å². The highest BCUT2D eigenvalue weighted by Crippen LogP contribution is 2.37. The lowest BCUT2D eigenvalue weighted by atomic mass is 9.73. The number of rotatable bonds is 17. The van der Waals surface area contributed by atoms with Crippen LogP contribution in [0.15, 0.2) is 0 Å². The van der Waals surface area contributed by atoms with Gasteiger partial charge in [0.15, 0.2) is 0 Å². The Morgan fingerprint density at radius 1 is 0.538 bits per heavy atom. The van der Waals surface area contributed by atoms with Gasteiger partial charge in [0.2, 0.25) is 0 Å². The van der Waals surface area contributed by atoms with Gasteiger partial charge in [0, 0.05) is 0 Å². The number of unbranched alkanes of at least 4 members (excludes halogenated alkanes) is 12. The second kappa shape index (κ2) is 17.1. The van der Waals surface area contributed by atoms with Gasteiger partial charge >= 0.3 is 0 Å². The molecule has 156 valence electrons. The number of hydrogen-bond acceptors (Lipinski definition) is 0. The van der Waals surface area contributed by atoms with Crippen molar-refractivity contribution in [1.82, 2.24) is 0 Å². The maximum Gasteiger partial charge on any atom is -0.0386 e.